The number of anilines is 1. The summed E-state index contributed by atoms with van der Waals surface area (Å²) in [5, 5.41) is 6.87. The van der Waals surface area contributed by atoms with E-state index < -0.39 is 29.6 Å². The molecule has 2 aromatic rings. The minimum absolute atomic E-state index is 0.0382. The van der Waals surface area contributed by atoms with Crippen molar-refractivity contribution in [3.8, 4) is 0 Å². The van der Waals surface area contributed by atoms with Gasteiger partial charge in [0.1, 0.15) is 11.6 Å². The minimum Gasteiger partial charge on any atom is -0.359 e. The molecule has 8 heteroatoms. The number of aryl methyl sites for hydroxylation is 2. The van der Waals surface area contributed by atoms with Crippen molar-refractivity contribution in [2.24, 2.45) is 23.7 Å². The van der Waals surface area contributed by atoms with E-state index in [-0.39, 0.29) is 29.8 Å². The van der Waals surface area contributed by atoms with Crippen LogP contribution in [0.15, 0.2) is 60.7 Å². The lowest BCUT2D eigenvalue weighted by atomic mass is 9.73. The van der Waals surface area contributed by atoms with Crippen molar-refractivity contribution < 1.29 is 19.1 Å². The zero-order valence-electron chi connectivity index (χ0n) is 25.4. The molecular weight excluding hydrogens is 562 g/mol. The van der Waals surface area contributed by atoms with Crippen LogP contribution in [0.4, 0.5) is 5.69 Å². The van der Waals surface area contributed by atoms with Gasteiger partial charge in [0.05, 0.1) is 17.9 Å². The van der Waals surface area contributed by atoms with Crippen LogP contribution >= 0.6 is 11.6 Å². The molecule has 1 spiro atoms. The number of likely N-dealkylation sites (tertiary alicyclic amines) is 1. The highest BCUT2D eigenvalue weighted by Gasteiger charge is 2.73. The molecule has 3 amide bonds. The highest BCUT2D eigenvalue weighted by Crippen LogP contribution is 2.56. The number of benzene rings is 2. The van der Waals surface area contributed by atoms with Crippen molar-refractivity contribution in [3.05, 3.63) is 76.8 Å². The second-order valence-electron chi connectivity index (χ2n) is 13.2. The lowest BCUT2D eigenvalue weighted by Crippen LogP contribution is -2.59. The molecule has 2 aromatic carbocycles. The molecule has 2 bridgehead atoms. The molecule has 1 saturated carbocycles. The second-order valence-corrected chi connectivity index (χ2v) is 13.6. The zero-order valence-corrected chi connectivity index (χ0v) is 26.1. The molecule has 0 aromatic heterocycles. The molecule has 2 saturated heterocycles. The highest BCUT2D eigenvalue weighted by molar-refractivity contribution is 6.31. The number of hydrogen-bond donors (Lipinski definition) is 2. The lowest BCUT2D eigenvalue weighted by Gasteiger charge is -2.39. The summed E-state index contributed by atoms with van der Waals surface area (Å²) in [5.41, 5.74) is 1.46. The fourth-order valence-electron chi connectivity index (χ4n) is 7.78. The lowest BCUT2D eigenvalue weighted by molar-refractivity contribution is -0.144. The molecule has 228 valence electrons. The summed E-state index contributed by atoms with van der Waals surface area (Å²) in [6, 6.07) is 14.5. The maximum absolute atomic E-state index is 14.4. The molecule has 43 heavy (non-hydrogen) atoms. The summed E-state index contributed by atoms with van der Waals surface area (Å²) in [6.45, 7) is 8.34. The monoisotopic (exact) mass is 603 g/mol. The zero-order chi connectivity index (χ0) is 30.5. The smallest absolute Gasteiger partial charge is 0.246 e. The third-order valence-corrected chi connectivity index (χ3v) is 10.9. The van der Waals surface area contributed by atoms with Crippen LogP contribution in [0.2, 0.25) is 5.02 Å². The number of rotatable bonds is 8. The van der Waals surface area contributed by atoms with E-state index in [1.165, 1.54) is 5.56 Å². The van der Waals surface area contributed by atoms with Gasteiger partial charge in [-0.3, -0.25) is 14.4 Å². The van der Waals surface area contributed by atoms with Gasteiger partial charge in [-0.05, 0) is 68.2 Å². The Kier molecular flexibility index (Phi) is 8.16. The Morgan fingerprint density at radius 3 is 2.63 bits per heavy atom. The van der Waals surface area contributed by atoms with E-state index in [1.54, 1.807) is 17.0 Å². The first-order valence-corrected chi connectivity index (χ1v) is 16.1. The first-order valence-electron chi connectivity index (χ1n) is 15.7. The fraction of sp³-hybridized carbons (Fsp3) is 0.514. The molecule has 0 radical (unpaired) electrons. The van der Waals surface area contributed by atoms with Crippen LogP contribution in [-0.2, 0) is 25.5 Å². The van der Waals surface area contributed by atoms with E-state index in [4.69, 9.17) is 16.3 Å². The Labute approximate surface area is 259 Å². The topological polar surface area (TPSA) is 87.7 Å². The third kappa shape index (κ3) is 5.29. The molecule has 9 atom stereocenters. The SMILES string of the molecule is Cc1ccc(NC(=O)C2C3C=CC4(O3)C2C(=O)N(C(C)CCc2ccccc2)C4C(=O)NC2CCCC(C)C2C)cc1Cl. The molecule has 7 nitrogen and oxygen atoms in total. The maximum atomic E-state index is 14.4. The van der Waals surface area contributed by atoms with Crippen molar-refractivity contribution in [3.63, 3.8) is 0 Å². The summed E-state index contributed by atoms with van der Waals surface area (Å²) in [6.07, 6.45) is 7.75. The average molecular weight is 604 g/mol. The molecule has 3 fully saturated rings. The van der Waals surface area contributed by atoms with Gasteiger partial charge < -0.3 is 20.3 Å². The number of halogens is 1. The Balaban J connectivity index is 1.30. The molecular formula is C35H42ClN3O4. The van der Waals surface area contributed by atoms with Gasteiger partial charge >= 0.3 is 0 Å². The minimum atomic E-state index is -1.19. The molecule has 3 aliphatic heterocycles. The largest absolute Gasteiger partial charge is 0.359 e. The molecule has 1 aliphatic carbocycles. The van der Waals surface area contributed by atoms with Crippen molar-refractivity contribution >= 4 is 35.0 Å². The second kappa shape index (κ2) is 11.7. The van der Waals surface area contributed by atoms with Crippen molar-refractivity contribution in [1.29, 1.82) is 0 Å². The van der Waals surface area contributed by atoms with Gasteiger partial charge in [-0.1, -0.05) is 86.8 Å². The van der Waals surface area contributed by atoms with Crippen molar-refractivity contribution in [1.82, 2.24) is 10.2 Å². The number of amides is 3. The van der Waals surface area contributed by atoms with Crippen LogP contribution in [-0.4, -0.2) is 52.5 Å². The first kappa shape index (κ1) is 29.9. The van der Waals surface area contributed by atoms with Crippen LogP contribution in [0.3, 0.4) is 0 Å². The van der Waals surface area contributed by atoms with Gasteiger partial charge in [-0.25, -0.2) is 0 Å². The van der Waals surface area contributed by atoms with Crippen LogP contribution in [0.1, 0.15) is 57.6 Å². The maximum Gasteiger partial charge on any atom is 0.246 e. The Hall–Kier alpha value is -3.16. The van der Waals surface area contributed by atoms with Crippen molar-refractivity contribution in [2.75, 3.05) is 5.32 Å². The standard InChI is InChI=1S/C35H42ClN3O4/c1-20-9-8-12-27(23(20)4)38-33(41)31-35-18-17-28(43-35)29(32(40)37-25-16-13-21(2)26(36)19-25)30(35)34(42)39(31)22(3)14-15-24-10-6-5-7-11-24/h5-7,10-11,13,16-20,22-23,27-31H,8-9,12,14-15H2,1-4H3,(H,37,40)(H,38,41). The van der Waals surface area contributed by atoms with Crippen LogP contribution in [0.5, 0.6) is 0 Å². The van der Waals surface area contributed by atoms with E-state index >= 15 is 0 Å². The molecule has 3 heterocycles. The fourth-order valence-corrected chi connectivity index (χ4v) is 7.96. The predicted octanol–water partition coefficient (Wildman–Crippen LogP) is 5.70. The summed E-state index contributed by atoms with van der Waals surface area (Å²) < 4.78 is 6.56. The van der Waals surface area contributed by atoms with Gasteiger partial charge in [0.2, 0.25) is 17.7 Å². The van der Waals surface area contributed by atoms with Crippen molar-refractivity contribution in [2.45, 2.75) is 89.6 Å². The summed E-state index contributed by atoms with van der Waals surface area (Å²) in [4.78, 5) is 44.3. The van der Waals surface area contributed by atoms with Crippen LogP contribution in [0, 0.1) is 30.6 Å². The summed E-state index contributed by atoms with van der Waals surface area (Å²) >= 11 is 6.32. The highest BCUT2D eigenvalue weighted by atomic mass is 35.5. The number of carbonyl (C=O) groups excluding carboxylic acids is 3. The number of carbonyl (C=O) groups is 3. The number of hydrogen-bond acceptors (Lipinski definition) is 4. The molecule has 6 rings (SSSR count). The summed E-state index contributed by atoms with van der Waals surface area (Å²) in [5.74, 6) is -1.39. The Bertz CT molecular complexity index is 1430. The number of nitrogens with zero attached hydrogens (tertiary/aromatic N) is 1. The number of fused-ring (bicyclic) bond motifs is 1. The predicted molar refractivity (Wildman–Crippen MR) is 168 cm³/mol. The quantitative estimate of drug-likeness (QED) is 0.379. The average Bonchev–Trinajstić information content (AvgIpc) is 3.64. The number of ether oxygens (including phenoxy) is 1. The first-order chi connectivity index (χ1) is 20.6. The number of nitrogens with one attached hydrogen (secondary N) is 2. The molecule has 4 aliphatic rings. The Morgan fingerprint density at radius 1 is 1.12 bits per heavy atom. The normalized spacial score (nSPS) is 33.4. The van der Waals surface area contributed by atoms with E-state index in [9.17, 15) is 14.4 Å². The van der Waals surface area contributed by atoms with Gasteiger partial charge in [0.25, 0.3) is 0 Å². The van der Waals surface area contributed by atoms with Gasteiger partial charge in [0, 0.05) is 22.8 Å². The van der Waals surface area contributed by atoms with Gasteiger partial charge in [0.15, 0.2) is 0 Å². The summed E-state index contributed by atoms with van der Waals surface area (Å²) in [7, 11) is 0. The molecule has 2 N–H and O–H groups in total. The van der Waals surface area contributed by atoms with E-state index in [0.717, 1.165) is 31.2 Å². The third-order valence-electron chi connectivity index (χ3n) is 10.5. The van der Waals surface area contributed by atoms with E-state index in [0.29, 0.717) is 29.0 Å². The van der Waals surface area contributed by atoms with Crippen LogP contribution in [0.25, 0.3) is 0 Å². The van der Waals surface area contributed by atoms with E-state index in [2.05, 4.69) is 36.6 Å². The molecule has 9 unspecified atom stereocenters. The van der Waals surface area contributed by atoms with Crippen LogP contribution < -0.4 is 10.6 Å². The Morgan fingerprint density at radius 2 is 1.88 bits per heavy atom. The van der Waals surface area contributed by atoms with Gasteiger partial charge in [-0.15, -0.1) is 0 Å². The van der Waals surface area contributed by atoms with Gasteiger partial charge in [-0.2, -0.15) is 0 Å². The van der Waals surface area contributed by atoms with E-state index in [1.807, 2.05) is 50.3 Å².